The highest BCUT2D eigenvalue weighted by Crippen LogP contribution is 2.19. The number of hydrogen-bond donors (Lipinski definition) is 2. The number of halogens is 1. The Morgan fingerprint density at radius 1 is 1.28 bits per heavy atom. The molecule has 1 aromatic rings. The first-order valence-corrected chi connectivity index (χ1v) is 6.65. The Hall–Kier alpha value is -1.36. The molecule has 98 valence electrons. The minimum atomic E-state index is -0.218. The van der Waals surface area contributed by atoms with Crippen LogP contribution < -0.4 is 10.6 Å². The minimum absolute atomic E-state index is 0.00827. The second-order valence-corrected chi connectivity index (χ2v) is 4.95. The molecule has 0 aliphatic heterocycles. The second-order valence-electron chi connectivity index (χ2n) is 4.03. The number of benzene rings is 1. The predicted octanol–water partition coefficient (Wildman–Crippen LogP) is 2.61. The molecular formula is C13H17BrN2O2. The molecule has 1 aromatic carbocycles. The fourth-order valence-corrected chi connectivity index (χ4v) is 1.93. The summed E-state index contributed by atoms with van der Waals surface area (Å²) in [6.07, 6.45) is 1.23. The SMILES string of the molecule is CCCC(=O)NCC(=O)Nc1ccc(Br)cc1C. The summed E-state index contributed by atoms with van der Waals surface area (Å²) in [6.45, 7) is 3.84. The van der Waals surface area contributed by atoms with Gasteiger partial charge >= 0.3 is 0 Å². The molecule has 0 aromatic heterocycles. The second kappa shape index (κ2) is 7.16. The van der Waals surface area contributed by atoms with Crippen molar-refractivity contribution >= 4 is 33.4 Å². The molecule has 18 heavy (non-hydrogen) atoms. The van der Waals surface area contributed by atoms with Crippen LogP contribution in [0.25, 0.3) is 0 Å². The molecule has 0 aliphatic rings. The molecule has 0 radical (unpaired) electrons. The first-order valence-electron chi connectivity index (χ1n) is 5.85. The fraction of sp³-hybridized carbons (Fsp3) is 0.385. The number of hydrogen-bond acceptors (Lipinski definition) is 2. The molecule has 0 saturated heterocycles. The van der Waals surface area contributed by atoms with Crippen molar-refractivity contribution in [2.24, 2.45) is 0 Å². The molecule has 0 saturated carbocycles. The van der Waals surface area contributed by atoms with Crippen LogP contribution in [0.5, 0.6) is 0 Å². The molecule has 2 amide bonds. The minimum Gasteiger partial charge on any atom is -0.347 e. The Balaban J connectivity index is 2.47. The van der Waals surface area contributed by atoms with Crippen molar-refractivity contribution in [1.82, 2.24) is 5.32 Å². The maximum absolute atomic E-state index is 11.6. The van der Waals surface area contributed by atoms with E-state index in [0.717, 1.165) is 22.1 Å². The Bertz CT molecular complexity index is 447. The summed E-state index contributed by atoms with van der Waals surface area (Å²) < 4.78 is 0.967. The van der Waals surface area contributed by atoms with Crippen molar-refractivity contribution in [1.29, 1.82) is 0 Å². The van der Waals surface area contributed by atoms with Gasteiger partial charge in [0.15, 0.2) is 0 Å². The van der Waals surface area contributed by atoms with Crippen LogP contribution >= 0.6 is 15.9 Å². The maximum Gasteiger partial charge on any atom is 0.243 e. The van der Waals surface area contributed by atoms with Gasteiger partial charge in [0.2, 0.25) is 11.8 Å². The van der Waals surface area contributed by atoms with Gasteiger partial charge in [-0.1, -0.05) is 22.9 Å². The topological polar surface area (TPSA) is 58.2 Å². The molecular weight excluding hydrogens is 296 g/mol. The molecule has 4 nitrogen and oxygen atoms in total. The van der Waals surface area contributed by atoms with E-state index in [1.165, 1.54) is 0 Å². The van der Waals surface area contributed by atoms with Gasteiger partial charge in [0, 0.05) is 16.6 Å². The number of anilines is 1. The summed E-state index contributed by atoms with van der Waals surface area (Å²) in [5, 5.41) is 5.33. The predicted molar refractivity (Wildman–Crippen MR) is 75.4 cm³/mol. The van der Waals surface area contributed by atoms with Gasteiger partial charge < -0.3 is 10.6 Å². The zero-order valence-electron chi connectivity index (χ0n) is 10.5. The van der Waals surface area contributed by atoms with Crippen LogP contribution in [0.1, 0.15) is 25.3 Å². The van der Waals surface area contributed by atoms with E-state index in [1.54, 1.807) is 0 Å². The first-order chi connectivity index (χ1) is 8.52. The third kappa shape index (κ3) is 4.87. The van der Waals surface area contributed by atoms with Gasteiger partial charge in [0.25, 0.3) is 0 Å². The molecule has 0 atom stereocenters. The van der Waals surface area contributed by atoms with Crippen LogP contribution in [-0.2, 0) is 9.59 Å². The standard InChI is InChI=1S/C13H17BrN2O2/c1-3-4-12(17)15-8-13(18)16-11-6-5-10(14)7-9(11)2/h5-7H,3-4,8H2,1-2H3,(H,15,17)(H,16,18). The third-order valence-corrected chi connectivity index (χ3v) is 2.88. The average Bonchev–Trinajstić information content (AvgIpc) is 2.31. The zero-order chi connectivity index (χ0) is 13.5. The van der Waals surface area contributed by atoms with Crippen molar-refractivity contribution in [3.8, 4) is 0 Å². The van der Waals surface area contributed by atoms with Crippen LogP contribution in [0.4, 0.5) is 5.69 Å². The summed E-state index contributed by atoms with van der Waals surface area (Å²) in [6, 6.07) is 5.61. The van der Waals surface area contributed by atoms with Gasteiger partial charge in [-0.05, 0) is 37.1 Å². The highest BCUT2D eigenvalue weighted by Gasteiger charge is 2.06. The van der Waals surface area contributed by atoms with E-state index in [-0.39, 0.29) is 18.4 Å². The normalized spacial score (nSPS) is 9.94. The Morgan fingerprint density at radius 2 is 2.00 bits per heavy atom. The summed E-state index contributed by atoms with van der Waals surface area (Å²) >= 11 is 3.36. The molecule has 2 N–H and O–H groups in total. The molecule has 1 rings (SSSR count). The van der Waals surface area contributed by atoms with Crippen LogP contribution in [0, 0.1) is 6.92 Å². The molecule has 0 heterocycles. The monoisotopic (exact) mass is 312 g/mol. The van der Waals surface area contributed by atoms with Crippen molar-refractivity contribution < 1.29 is 9.59 Å². The quantitative estimate of drug-likeness (QED) is 0.878. The zero-order valence-corrected chi connectivity index (χ0v) is 12.1. The number of rotatable bonds is 5. The lowest BCUT2D eigenvalue weighted by molar-refractivity contribution is -0.124. The van der Waals surface area contributed by atoms with Gasteiger partial charge in [-0.25, -0.2) is 0 Å². The number of amides is 2. The molecule has 0 fully saturated rings. The van der Waals surface area contributed by atoms with Crippen LogP contribution in [0.3, 0.4) is 0 Å². The fourth-order valence-electron chi connectivity index (χ4n) is 1.46. The molecule has 0 aliphatic carbocycles. The number of carbonyl (C=O) groups is 2. The van der Waals surface area contributed by atoms with Crippen molar-refractivity contribution in [3.63, 3.8) is 0 Å². The van der Waals surface area contributed by atoms with E-state index >= 15 is 0 Å². The Labute approximate surface area is 115 Å². The van der Waals surface area contributed by atoms with E-state index < -0.39 is 0 Å². The lowest BCUT2D eigenvalue weighted by Gasteiger charge is -2.09. The van der Waals surface area contributed by atoms with E-state index in [2.05, 4.69) is 26.6 Å². The molecule has 0 bridgehead atoms. The lowest BCUT2D eigenvalue weighted by atomic mass is 10.2. The highest BCUT2D eigenvalue weighted by molar-refractivity contribution is 9.10. The van der Waals surface area contributed by atoms with Crippen molar-refractivity contribution in [2.45, 2.75) is 26.7 Å². The van der Waals surface area contributed by atoms with Crippen molar-refractivity contribution in [2.75, 3.05) is 11.9 Å². The smallest absolute Gasteiger partial charge is 0.243 e. The van der Waals surface area contributed by atoms with E-state index in [9.17, 15) is 9.59 Å². The Morgan fingerprint density at radius 3 is 2.61 bits per heavy atom. The molecule has 5 heteroatoms. The summed E-state index contributed by atoms with van der Waals surface area (Å²) in [4.78, 5) is 22.8. The summed E-state index contributed by atoms with van der Waals surface area (Å²) in [5.74, 6) is -0.315. The lowest BCUT2D eigenvalue weighted by Crippen LogP contribution is -2.32. The number of nitrogens with one attached hydrogen (secondary N) is 2. The summed E-state index contributed by atoms with van der Waals surface area (Å²) in [5.41, 5.74) is 1.73. The van der Waals surface area contributed by atoms with Gasteiger partial charge in [0.1, 0.15) is 0 Å². The van der Waals surface area contributed by atoms with Crippen molar-refractivity contribution in [3.05, 3.63) is 28.2 Å². The molecule has 0 spiro atoms. The number of carbonyl (C=O) groups excluding carboxylic acids is 2. The maximum atomic E-state index is 11.6. The average molecular weight is 313 g/mol. The third-order valence-electron chi connectivity index (χ3n) is 2.39. The molecule has 0 unspecified atom stereocenters. The van der Waals surface area contributed by atoms with E-state index in [0.29, 0.717) is 6.42 Å². The van der Waals surface area contributed by atoms with Gasteiger partial charge in [-0.3, -0.25) is 9.59 Å². The van der Waals surface area contributed by atoms with Gasteiger partial charge in [-0.15, -0.1) is 0 Å². The van der Waals surface area contributed by atoms with E-state index in [4.69, 9.17) is 0 Å². The van der Waals surface area contributed by atoms with Gasteiger partial charge in [0.05, 0.1) is 6.54 Å². The van der Waals surface area contributed by atoms with Gasteiger partial charge in [-0.2, -0.15) is 0 Å². The largest absolute Gasteiger partial charge is 0.347 e. The van der Waals surface area contributed by atoms with Crippen LogP contribution in [0.15, 0.2) is 22.7 Å². The summed E-state index contributed by atoms with van der Waals surface area (Å²) in [7, 11) is 0. The first kappa shape index (κ1) is 14.7. The highest BCUT2D eigenvalue weighted by atomic mass is 79.9. The Kier molecular flexibility index (Phi) is 5.85. The van der Waals surface area contributed by atoms with Crippen LogP contribution in [0.2, 0.25) is 0 Å². The van der Waals surface area contributed by atoms with Crippen LogP contribution in [-0.4, -0.2) is 18.4 Å². The number of aryl methyl sites for hydroxylation is 1. The van der Waals surface area contributed by atoms with E-state index in [1.807, 2.05) is 32.0 Å².